The molecule has 1 rings (SSSR count). The van der Waals surface area contributed by atoms with E-state index in [4.69, 9.17) is 16.3 Å². The van der Waals surface area contributed by atoms with Crippen LogP contribution < -0.4 is 5.32 Å². The Labute approximate surface area is 97.6 Å². The van der Waals surface area contributed by atoms with Gasteiger partial charge >= 0.3 is 0 Å². The number of carbonyl (C=O) groups excluding carboxylic acids is 1. The van der Waals surface area contributed by atoms with Gasteiger partial charge in [-0.1, -0.05) is 0 Å². The summed E-state index contributed by atoms with van der Waals surface area (Å²) in [4.78, 5) is 15.7. The fraction of sp³-hybridized carbons (Fsp3) is 0.556. The van der Waals surface area contributed by atoms with Gasteiger partial charge in [-0.3, -0.25) is 4.79 Å². The highest BCUT2D eigenvalue weighted by Crippen LogP contribution is 2.07. The molecule has 0 bridgehead atoms. The van der Waals surface area contributed by atoms with Crippen LogP contribution in [0, 0.1) is 6.92 Å². The summed E-state index contributed by atoms with van der Waals surface area (Å²) in [5.74, 6) is 0.116. The van der Waals surface area contributed by atoms with E-state index in [2.05, 4.69) is 10.3 Å². The smallest absolute Gasteiger partial charge is 0.271 e. The van der Waals surface area contributed by atoms with Gasteiger partial charge in [0.05, 0.1) is 17.7 Å². The van der Waals surface area contributed by atoms with E-state index in [1.807, 2.05) is 6.92 Å². The van der Waals surface area contributed by atoms with E-state index < -0.39 is 0 Å². The number of aromatic nitrogens is 1. The zero-order valence-corrected chi connectivity index (χ0v) is 10.2. The van der Waals surface area contributed by atoms with Crippen LogP contribution in [0.3, 0.4) is 0 Å². The van der Waals surface area contributed by atoms with Crippen molar-refractivity contribution in [3.63, 3.8) is 0 Å². The Kier molecular flexibility index (Phi) is 5.01. The van der Waals surface area contributed by atoms with Crippen molar-refractivity contribution < 1.29 is 9.53 Å². The number of hydrogen-bond acceptors (Lipinski definition) is 4. The highest BCUT2D eigenvalue weighted by molar-refractivity contribution is 7.09. The molecule has 84 valence electrons. The zero-order chi connectivity index (χ0) is 11.3. The summed E-state index contributed by atoms with van der Waals surface area (Å²) in [7, 11) is 1.57. The second-order valence-corrected chi connectivity index (χ2v) is 4.40. The summed E-state index contributed by atoms with van der Waals surface area (Å²) >= 11 is 7.12. The summed E-state index contributed by atoms with van der Waals surface area (Å²) < 4.78 is 4.92. The lowest BCUT2D eigenvalue weighted by molar-refractivity contribution is 0.0902. The molecule has 0 saturated carbocycles. The van der Waals surface area contributed by atoms with Crippen LogP contribution in [0.2, 0.25) is 0 Å². The van der Waals surface area contributed by atoms with Gasteiger partial charge in [0.25, 0.3) is 5.91 Å². The minimum absolute atomic E-state index is 0.175. The topological polar surface area (TPSA) is 51.2 Å². The monoisotopic (exact) mass is 248 g/mol. The summed E-state index contributed by atoms with van der Waals surface area (Å²) in [6.07, 6.45) is 0. The maximum Gasteiger partial charge on any atom is 0.271 e. The molecule has 0 fully saturated rings. The first kappa shape index (κ1) is 12.4. The van der Waals surface area contributed by atoms with E-state index >= 15 is 0 Å². The molecule has 0 aliphatic carbocycles. The first-order valence-electron chi connectivity index (χ1n) is 4.45. The number of rotatable bonds is 5. The normalized spacial score (nSPS) is 12.5. The van der Waals surface area contributed by atoms with Crippen molar-refractivity contribution in [1.29, 1.82) is 0 Å². The number of nitrogens with one attached hydrogen (secondary N) is 1. The van der Waals surface area contributed by atoms with Crippen LogP contribution in [-0.4, -0.2) is 36.5 Å². The molecule has 0 radical (unpaired) electrons. The van der Waals surface area contributed by atoms with E-state index in [0.29, 0.717) is 18.2 Å². The second-order valence-electron chi connectivity index (χ2n) is 3.03. The standard InChI is InChI=1S/C9H13ClN2O2S/c1-6-11-8(5-15-6)9(13)12-7(3-10)4-14-2/h5,7H,3-4H2,1-2H3,(H,12,13). The molecule has 0 aliphatic heterocycles. The highest BCUT2D eigenvalue weighted by atomic mass is 35.5. The number of methoxy groups -OCH3 is 1. The lowest BCUT2D eigenvalue weighted by Crippen LogP contribution is -2.39. The molecular formula is C9H13ClN2O2S. The molecule has 1 heterocycles. The van der Waals surface area contributed by atoms with Gasteiger partial charge in [0, 0.05) is 18.4 Å². The van der Waals surface area contributed by atoms with Gasteiger partial charge in [-0.05, 0) is 6.92 Å². The van der Waals surface area contributed by atoms with Crippen LogP contribution in [-0.2, 0) is 4.74 Å². The van der Waals surface area contributed by atoms with E-state index in [0.717, 1.165) is 5.01 Å². The van der Waals surface area contributed by atoms with E-state index in [9.17, 15) is 4.79 Å². The van der Waals surface area contributed by atoms with Crippen LogP contribution in [0.5, 0.6) is 0 Å². The molecule has 1 unspecified atom stereocenters. The van der Waals surface area contributed by atoms with Gasteiger partial charge in [0.1, 0.15) is 5.69 Å². The number of aryl methyl sites for hydroxylation is 1. The van der Waals surface area contributed by atoms with Crippen molar-refractivity contribution in [3.8, 4) is 0 Å². The van der Waals surface area contributed by atoms with Gasteiger partial charge < -0.3 is 10.1 Å². The predicted molar refractivity (Wildman–Crippen MR) is 60.7 cm³/mol. The first-order valence-corrected chi connectivity index (χ1v) is 5.86. The predicted octanol–water partition coefficient (Wildman–Crippen LogP) is 1.44. The number of hydrogen-bond donors (Lipinski definition) is 1. The van der Waals surface area contributed by atoms with Crippen LogP contribution in [0.4, 0.5) is 0 Å². The molecule has 1 atom stereocenters. The minimum atomic E-state index is -0.206. The summed E-state index contributed by atoms with van der Waals surface area (Å²) in [5.41, 5.74) is 0.434. The van der Waals surface area contributed by atoms with Crippen molar-refractivity contribution in [3.05, 3.63) is 16.1 Å². The maximum absolute atomic E-state index is 11.6. The number of thiazole rings is 1. The second kappa shape index (κ2) is 6.05. The molecule has 6 heteroatoms. The fourth-order valence-electron chi connectivity index (χ4n) is 1.05. The molecule has 0 saturated heterocycles. The average molecular weight is 249 g/mol. The van der Waals surface area contributed by atoms with Crippen LogP contribution in [0.1, 0.15) is 15.5 Å². The lowest BCUT2D eigenvalue weighted by atomic mass is 10.3. The molecule has 1 aromatic heterocycles. The molecule has 0 aromatic carbocycles. The van der Waals surface area contributed by atoms with Crippen LogP contribution >= 0.6 is 22.9 Å². The molecule has 4 nitrogen and oxygen atoms in total. The highest BCUT2D eigenvalue weighted by Gasteiger charge is 2.14. The van der Waals surface area contributed by atoms with Crippen molar-refractivity contribution in [2.45, 2.75) is 13.0 Å². The number of nitrogens with zero attached hydrogens (tertiary/aromatic N) is 1. The minimum Gasteiger partial charge on any atom is -0.383 e. The third kappa shape index (κ3) is 3.77. The average Bonchev–Trinajstić information content (AvgIpc) is 2.64. The quantitative estimate of drug-likeness (QED) is 0.803. The fourth-order valence-corrected chi connectivity index (χ4v) is 1.81. The van der Waals surface area contributed by atoms with Gasteiger partial charge in [-0.25, -0.2) is 4.98 Å². The van der Waals surface area contributed by atoms with Crippen LogP contribution in [0.25, 0.3) is 0 Å². The molecule has 1 N–H and O–H groups in total. The van der Waals surface area contributed by atoms with E-state index in [-0.39, 0.29) is 11.9 Å². The van der Waals surface area contributed by atoms with Gasteiger partial charge in [-0.2, -0.15) is 0 Å². The Morgan fingerprint density at radius 3 is 3.00 bits per heavy atom. The Hall–Kier alpha value is -0.650. The number of carbonyl (C=O) groups is 1. The SMILES string of the molecule is COCC(CCl)NC(=O)c1csc(C)n1. The van der Waals surface area contributed by atoms with Gasteiger partial charge in [0.2, 0.25) is 0 Å². The molecule has 1 aromatic rings. The van der Waals surface area contributed by atoms with E-state index in [1.165, 1.54) is 11.3 Å². The third-order valence-corrected chi connectivity index (χ3v) is 2.89. The summed E-state index contributed by atoms with van der Waals surface area (Å²) in [5, 5.41) is 5.34. The molecule has 1 amide bonds. The lowest BCUT2D eigenvalue weighted by Gasteiger charge is -2.13. The molecule has 0 aliphatic rings. The van der Waals surface area contributed by atoms with Crippen molar-refractivity contribution >= 4 is 28.8 Å². The maximum atomic E-state index is 11.6. The summed E-state index contributed by atoms with van der Waals surface area (Å²) in [6, 6.07) is -0.175. The Morgan fingerprint density at radius 1 is 1.80 bits per heavy atom. The third-order valence-electron chi connectivity index (χ3n) is 1.74. The first-order chi connectivity index (χ1) is 7.17. The zero-order valence-electron chi connectivity index (χ0n) is 8.62. The van der Waals surface area contributed by atoms with Crippen LogP contribution in [0.15, 0.2) is 5.38 Å². The summed E-state index contributed by atoms with van der Waals surface area (Å²) in [6.45, 7) is 2.26. The van der Waals surface area contributed by atoms with E-state index in [1.54, 1.807) is 12.5 Å². The van der Waals surface area contributed by atoms with Crippen molar-refractivity contribution in [2.24, 2.45) is 0 Å². The van der Waals surface area contributed by atoms with Gasteiger partial charge in [0.15, 0.2) is 0 Å². The molecule has 0 spiro atoms. The number of alkyl halides is 1. The van der Waals surface area contributed by atoms with Gasteiger partial charge in [-0.15, -0.1) is 22.9 Å². The number of amides is 1. The Balaban J connectivity index is 2.54. The Morgan fingerprint density at radius 2 is 2.53 bits per heavy atom. The van der Waals surface area contributed by atoms with Crippen molar-refractivity contribution in [1.82, 2.24) is 10.3 Å². The number of halogens is 1. The Bertz CT molecular complexity index is 330. The molecular weight excluding hydrogens is 236 g/mol. The number of ether oxygens (including phenoxy) is 1. The molecule has 15 heavy (non-hydrogen) atoms. The van der Waals surface area contributed by atoms with Crippen molar-refractivity contribution in [2.75, 3.05) is 19.6 Å². The largest absolute Gasteiger partial charge is 0.383 e.